The summed E-state index contributed by atoms with van der Waals surface area (Å²) < 4.78 is 0. The number of anilines is 1. The number of nitrogen functional groups attached to an aromatic ring is 1. The van der Waals surface area contributed by atoms with Crippen molar-refractivity contribution in [1.29, 1.82) is 0 Å². The van der Waals surface area contributed by atoms with Gasteiger partial charge in [-0.05, 0) is 29.5 Å². The Balaban J connectivity index is 1.60. The molecule has 1 aromatic carbocycles. The van der Waals surface area contributed by atoms with Gasteiger partial charge in [0.25, 0.3) is 5.91 Å². The number of aliphatic hydroxyl groups excluding tert-OH is 2. The van der Waals surface area contributed by atoms with Crippen molar-refractivity contribution < 1.29 is 15.0 Å². The minimum absolute atomic E-state index is 0.00478. The Morgan fingerprint density at radius 2 is 2.00 bits per heavy atom. The molecule has 130 valence electrons. The number of hydrogen-bond acceptors (Lipinski definition) is 5. The minimum atomic E-state index is -0.667. The van der Waals surface area contributed by atoms with Gasteiger partial charge in [0.1, 0.15) is 11.5 Å². The maximum atomic E-state index is 12.7. The van der Waals surface area contributed by atoms with Crippen molar-refractivity contribution >= 4 is 11.7 Å². The molecule has 2 aromatic rings. The summed E-state index contributed by atoms with van der Waals surface area (Å²) in [6, 6.07) is 14.8. The second kappa shape index (κ2) is 5.82. The highest BCUT2D eigenvalue weighted by Crippen LogP contribution is 2.68. The van der Waals surface area contributed by atoms with E-state index in [1.807, 2.05) is 30.3 Å². The number of carbonyl (C=O) groups excluding carboxylic acids is 1. The summed E-state index contributed by atoms with van der Waals surface area (Å²) in [5.41, 5.74) is 6.56. The van der Waals surface area contributed by atoms with Crippen LogP contribution in [0.4, 0.5) is 5.82 Å². The van der Waals surface area contributed by atoms with Gasteiger partial charge in [-0.1, -0.05) is 36.4 Å². The molecule has 25 heavy (non-hydrogen) atoms. The zero-order valence-corrected chi connectivity index (χ0v) is 13.7. The SMILES string of the molecule is Nc1cccc(C(=O)N2C[C@H](O)[C@@]3(C2)[C@H](CO)[C@H]3c2ccccc2)n1. The lowest BCUT2D eigenvalue weighted by Gasteiger charge is -2.16. The van der Waals surface area contributed by atoms with Gasteiger partial charge in [0.05, 0.1) is 6.10 Å². The molecule has 0 bridgehead atoms. The number of benzene rings is 1. The Hall–Kier alpha value is -2.44. The largest absolute Gasteiger partial charge is 0.396 e. The van der Waals surface area contributed by atoms with Crippen LogP contribution in [-0.4, -0.2) is 51.8 Å². The Morgan fingerprint density at radius 3 is 2.68 bits per heavy atom. The van der Waals surface area contributed by atoms with Crippen molar-refractivity contribution in [1.82, 2.24) is 9.88 Å². The Labute approximate surface area is 145 Å². The molecule has 1 aromatic heterocycles. The summed E-state index contributed by atoms with van der Waals surface area (Å²) in [4.78, 5) is 18.4. The van der Waals surface area contributed by atoms with Crippen LogP contribution < -0.4 is 5.73 Å². The number of amides is 1. The first-order chi connectivity index (χ1) is 12.1. The highest BCUT2D eigenvalue weighted by molar-refractivity contribution is 5.93. The lowest BCUT2D eigenvalue weighted by Crippen LogP contribution is -2.30. The van der Waals surface area contributed by atoms with Crippen molar-refractivity contribution in [2.45, 2.75) is 12.0 Å². The van der Waals surface area contributed by atoms with Gasteiger partial charge in [-0.15, -0.1) is 0 Å². The third-order valence-electron chi connectivity index (χ3n) is 5.67. The van der Waals surface area contributed by atoms with Gasteiger partial charge in [-0.2, -0.15) is 0 Å². The lowest BCUT2D eigenvalue weighted by atomic mass is 9.95. The van der Waals surface area contributed by atoms with E-state index in [2.05, 4.69) is 4.98 Å². The van der Waals surface area contributed by atoms with Crippen molar-refractivity contribution in [2.24, 2.45) is 11.3 Å². The van der Waals surface area contributed by atoms with Crippen molar-refractivity contribution in [3.63, 3.8) is 0 Å². The number of β-amino-alcohol motifs (C(OH)–C–C–N with tert-alkyl or cyclic N) is 1. The van der Waals surface area contributed by atoms with E-state index < -0.39 is 11.5 Å². The van der Waals surface area contributed by atoms with Gasteiger partial charge in [0, 0.05) is 25.1 Å². The second-order valence-corrected chi connectivity index (χ2v) is 6.94. The molecular weight excluding hydrogens is 318 g/mol. The van der Waals surface area contributed by atoms with E-state index in [0.717, 1.165) is 5.56 Å². The molecule has 1 saturated heterocycles. The molecule has 1 amide bonds. The average Bonchev–Trinajstić information content (AvgIpc) is 3.16. The molecular formula is C19H21N3O3. The third-order valence-corrected chi connectivity index (χ3v) is 5.67. The van der Waals surface area contributed by atoms with Crippen LogP contribution in [0.5, 0.6) is 0 Å². The molecule has 1 aliphatic heterocycles. The zero-order valence-electron chi connectivity index (χ0n) is 13.7. The molecule has 2 fully saturated rings. The fraction of sp³-hybridized carbons (Fsp3) is 0.368. The van der Waals surface area contributed by atoms with E-state index in [9.17, 15) is 15.0 Å². The Bertz CT molecular complexity index is 798. The quantitative estimate of drug-likeness (QED) is 0.771. The van der Waals surface area contributed by atoms with Crippen molar-refractivity contribution in [3.05, 3.63) is 59.8 Å². The van der Waals surface area contributed by atoms with E-state index in [-0.39, 0.29) is 36.6 Å². The van der Waals surface area contributed by atoms with Gasteiger partial charge in [-0.3, -0.25) is 4.79 Å². The first-order valence-corrected chi connectivity index (χ1v) is 8.43. The summed E-state index contributed by atoms with van der Waals surface area (Å²) >= 11 is 0. The monoisotopic (exact) mass is 339 g/mol. The van der Waals surface area contributed by atoms with Crippen molar-refractivity contribution in [2.75, 3.05) is 25.4 Å². The number of pyridine rings is 1. The molecule has 1 aliphatic carbocycles. The van der Waals surface area contributed by atoms with E-state index in [0.29, 0.717) is 12.4 Å². The molecule has 1 spiro atoms. The molecule has 6 heteroatoms. The topological polar surface area (TPSA) is 99.7 Å². The standard InChI is InChI=1S/C19H21N3O3/c20-16-8-4-7-14(21-16)18(25)22-9-15(24)19(11-22)13(10-23)17(19)12-5-2-1-3-6-12/h1-8,13,15,17,23-24H,9-11H2,(H2,20,21)/t13-,15+,17-,19-/m1/s1. The van der Waals surface area contributed by atoms with Gasteiger partial charge < -0.3 is 20.8 Å². The van der Waals surface area contributed by atoms with Crippen LogP contribution in [0.3, 0.4) is 0 Å². The van der Waals surface area contributed by atoms with E-state index in [4.69, 9.17) is 5.73 Å². The number of nitrogens with two attached hydrogens (primary N) is 1. The molecule has 4 atom stereocenters. The summed E-state index contributed by atoms with van der Waals surface area (Å²) in [5.74, 6) is 0.0672. The number of aromatic nitrogens is 1. The van der Waals surface area contributed by atoms with Crippen LogP contribution in [0.15, 0.2) is 48.5 Å². The molecule has 0 unspecified atom stereocenters. The summed E-state index contributed by atoms with van der Waals surface area (Å²) in [6.45, 7) is 0.651. The summed E-state index contributed by atoms with van der Waals surface area (Å²) in [5, 5.41) is 20.5. The predicted octanol–water partition coefficient (Wildman–Crippen LogP) is 0.873. The fourth-order valence-corrected chi connectivity index (χ4v) is 4.46. The summed E-state index contributed by atoms with van der Waals surface area (Å²) in [7, 11) is 0. The first kappa shape index (κ1) is 16.1. The van der Waals surface area contributed by atoms with Crippen LogP contribution in [0, 0.1) is 11.3 Å². The summed E-state index contributed by atoms with van der Waals surface area (Å²) in [6.07, 6.45) is -0.667. The number of aliphatic hydroxyl groups is 2. The molecule has 2 heterocycles. The molecule has 2 aliphatic rings. The zero-order chi connectivity index (χ0) is 17.6. The van der Waals surface area contributed by atoms with Crippen LogP contribution in [0.1, 0.15) is 22.0 Å². The number of nitrogens with zero attached hydrogens (tertiary/aromatic N) is 2. The van der Waals surface area contributed by atoms with Gasteiger partial charge in [-0.25, -0.2) is 4.98 Å². The highest BCUT2D eigenvalue weighted by Gasteiger charge is 2.71. The Kier molecular flexibility index (Phi) is 3.74. The average molecular weight is 339 g/mol. The predicted molar refractivity (Wildman–Crippen MR) is 92.8 cm³/mol. The number of rotatable bonds is 3. The molecule has 4 N–H and O–H groups in total. The Morgan fingerprint density at radius 1 is 1.24 bits per heavy atom. The van der Waals surface area contributed by atoms with Crippen molar-refractivity contribution in [3.8, 4) is 0 Å². The van der Waals surface area contributed by atoms with Gasteiger partial charge in [0.15, 0.2) is 0 Å². The molecule has 1 saturated carbocycles. The fourth-order valence-electron chi connectivity index (χ4n) is 4.46. The van der Waals surface area contributed by atoms with Gasteiger partial charge >= 0.3 is 0 Å². The first-order valence-electron chi connectivity index (χ1n) is 8.43. The normalized spacial score (nSPS) is 30.6. The third kappa shape index (κ3) is 2.41. The van der Waals surface area contributed by atoms with E-state index >= 15 is 0 Å². The molecule has 4 rings (SSSR count). The van der Waals surface area contributed by atoms with E-state index in [1.54, 1.807) is 23.1 Å². The second-order valence-electron chi connectivity index (χ2n) is 6.94. The number of hydrogen-bond donors (Lipinski definition) is 3. The highest BCUT2D eigenvalue weighted by atomic mass is 16.3. The molecule has 0 radical (unpaired) electrons. The number of carbonyl (C=O) groups is 1. The molecule has 6 nitrogen and oxygen atoms in total. The lowest BCUT2D eigenvalue weighted by molar-refractivity contribution is 0.0758. The van der Waals surface area contributed by atoms with Gasteiger partial charge in [0.2, 0.25) is 0 Å². The van der Waals surface area contributed by atoms with Crippen LogP contribution in [-0.2, 0) is 0 Å². The maximum absolute atomic E-state index is 12.7. The van der Waals surface area contributed by atoms with E-state index in [1.165, 1.54) is 0 Å². The van der Waals surface area contributed by atoms with Crippen LogP contribution >= 0.6 is 0 Å². The minimum Gasteiger partial charge on any atom is -0.396 e. The number of likely N-dealkylation sites (tertiary alicyclic amines) is 1. The maximum Gasteiger partial charge on any atom is 0.272 e. The smallest absolute Gasteiger partial charge is 0.272 e. The van der Waals surface area contributed by atoms with Crippen LogP contribution in [0.2, 0.25) is 0 Å². The van der Waals surface area contributed by atoms with Crippen LogP contribution in [0.25, 0.3) is 0 Å².